The van der Waals surface area contributed by atoms with Crippen molar-refractivity contribution in [2.45, 2.75) is 10.1 Å². The molecule has 118 valence electrons. The summed E-state index contributed by atoms with van der Waals surface area (Å²) in [4.78, 5) is 17.4. The molecule has 0 saturated heterocycles. The minimum atomic E-state index is -0.100. The monoisotopic (exact) mass is 364 g/mol. The molecule has 1 aromatic heterocycles. The van der Waals surface area contributed by atoms with Crippen molar-refractivity contribution in [1.29, 1.82) is 0 Å². The Balaban J connectivity index is 1.63. The van der Waals surface area contributed by atoms with E-state index in [0.717, 1.165) is 10.6 Å². The molecule has 0 aliphatic heterocycles. The Morgan fingerprint density at radius 1 is 1.30 bits per heavy atom. The fraction of sp³-hybridized carbons (Fsp3) is 0.125. The minimum Gasteiger partial charge on any atom is -0.431 e. The normalized spacial score (nSPS) is 10.9. The van der Waals surface area contributed by atoms with Gasteiger partial charge in [-0.2, -0.15) is 0 Å². The van der Waals surface area contributed by atoms with Gasteiger partial charge in [-0.1, -0.05) is 35.5 Å². The molecular weight excluding hydrogens is 352 g/mol. The van der Waals surface area contributed by atoms with Crippen molar-refractivity contribution >= 4 is 57.8 Å². The number of carbonyl (C=O) groups excluding carboxylic acids is 1. The Morgan fingerprint density at radius 3 is 2.96 bits per heavy atom. The molecule has 2 aromatic carbocycles. The molecule has 0 bridgehead atoms. The second-order valence-corrected chi connectivity index (χ2v) is 6.84. The SMILES string of the molecule is CSc1ccccc1NC(=O)CSc1nc2cc(Cl)ccc2o1. The standard InChI is InChI=1S/C16H13ClN2O2S2/c1-22-14-5-3-2-4-11(14)18-15(20)9-23-16-19-12-8-10(17)6-7-13(12)21-16/h2-8H,9H2,1H3,(H,18,20). The van der Waals surface area contributed by atoms with Crippen LogP contribution in [0.2, 0.25) is 5.02 Å². The lowest BCUT2D eigenvalue weighted by Gasteiger charge is -2.08. The van der Waals surface area contributed by atoms with Crippen LogP contribution in [0.25, 0.3) is 11.1 Å². The number of halogens is 1. The molecule has 1 N–H and O–H groups in total. The molecule has 4 nitrogen and oxygen atoms in total. The molecule has 0 spiro atoms. The van der Waals surface area contributed by atoms with E-state index in [0.29, 0.717) is 21.3 Å². The zero-order chi connectivity index (χ0) is 16.2. The molecule has 1 amide bonds. The highest BCUT2D eigenvalue weighted by Gasteiger charge is 2.11. The van der Waals surface area contributed by atoms with E-state index in [4.69, 9.17) is 16.0 Å². The molecule has 3 rings (SSSR count). The number of amides is 1. The Hall–Kier alpha value is -1.63. The van der Waals surface area contributed by atoms with Gasteiger partial charge in [0.25, 0.3) is 5.22 Å². The number of para-hydroxylation sites is 1. The lowest BCUT2D eigenvalue weighted by Crippen LogP contribution is -2.14. The van der Waals surface area contributed by atoms with Crippen LogP contribution in [0.1, 0.15) is 0 Å². The highest BCUT2D eigenvalue weighted by Crippen LogP contribution is 2.27. The van der Waals surface area contributed by atoms with Gasteiger partial charge in [-0.3, -0.25) is 4.79 Å². The molecule has 0 radical (unpaired) electrons. The number of fused-ring (bicyclic) bond motifs is 1. The van der Waals surface area contributed by atoms with Crippen LogP contribution in [0.15, 0.2) is 57.0 Å². The lowest BCUT2D eigenvalue weighted by molar-refractivity contribution is -0.113. The number of nitrogens with one attached hydrogen (secondary N) is 1. The van der Waals surface area contributed by atoms with Crippen LogP contribution in [0.4, 0.5) is 5.69 Å². The molecule has 0 saturated carbocycles. The third-order valence-electron chi connectivity index (χ3n) is 3.04. The van der Waals surface area contributed by atoms with Crippen molar-refractivity contribution in [3.05, 3.63) is 47.5 Å². The third-order valence-corrected chi connectivity index (χ3v) is 4.90. The van der Waals surface area contributed by atoms with Crippen LogP contribution in [-0.2, 0) is 4.79 Å². The Bertz CT molecular complexity index is 851. The summed E-state index contributed by atoms with van der Waals surface area (Å²) in [5.74, 6) is 0.125. The van der Waals surface area contributed by atoms with Crippen LogP contribution in [-0.4, -0.2) is 22.9 Å². The molecular formula is C16H13ClN2O2S2. The molecule has 7 heteroatoms. The van der Waals surface area contributed by atoms with Crippen molar-refractivity contribution in [3.63, 3.8) is 0 Å². The molecule has 0 aliphatic carbocycles. The summed E-state index contributed by atoms with van der Waals surface area (Å²) in [5.41, 5.74) is 2.16. The first-order chi connectivity index (χ1) is 11.2. The van der Waals surface area contributed by atoms with Crippen LogP contribution in [0, 0.1) is 0 Å². The van der Waals surface area contributed by atoms with Crippen molar-refractivity contribution in [2.24, 2.45) is 0 Å². The van der Waals surface area contributed by atoms with Crippen molar-refractivity contribution in [3.8, 4) is 0 Å². The zero-order valence-electron chi connectivity index (χ0n) is 12.2. The maximum Gasteiger partial charge on any atom is 0.257 e. The van der Waals surface area contributed by atoms with Crippen LogP contribution in [0.3, 0.4) is 0 Å². The van der Waals surface area contributed by atoms with Crippen LogP contribution < -0.4 is 5.32 Å². The van der Waals surface area contributed by atoms with E-state index in [2.05, 4.69) is 10.3 Å². The van der Waals surface area contributed by atoms with E-state index in [1.165, 1.54) is 11.8 Å². The number of nitrogens with zero attached hydrogens (tertiary/aromatic N) is 1. The predicted molar refractivity (Wildman–Crippen MR) is 96.6 cm³/mol. The van der Waals surface area contributed by atoms with Crippen LogP contribution in [0.5, 0.6) is 0 Å². The minimum absolute atomic E-state index is 0.100. The van der Waals surface area contributed by atoms with E-state index in [1.54, 1.807) is 30.0 Å². The second-order valence-electron chi connectivity index (χ2n) is 4.63. The van der Waals surface area contributed by atoms with E-state index < -0.39 is 0 Å². The van der Waals surface area contributed by atoms with Gasteiger partial charge >= 0.3 is 0 Å². The summed E-state index contributed by atoms with van der Waals surface area (Å²) in [5, 5.41) is 3.96. The van der Waals surface area contributed by atoms with Gasteiger partial charge in [-0.25, -0.2) is 4.98 Å². The topological polar surface area (TPSA) is 55.1 Å². The van der Waals surface area contributed by atoms with Gasteiger partial charge in [0.05, 0.1) is 11.4 Å². The van der Waals surface area contributed by atoms with Crippen molar-refractivity contribution < 1.29 is 9.21 Å². The molecule has 0 atom stereocenters. The Morgan fingerprint density at radius 2 is 2.13 bits per heavy atom. The highest BCUT2D eigenvalue weighted by molar-refractivity contribution is 7.99. The van der Waals surface area contributed by atoms with Gasteiger partial charge in [-0.15, -0.1) is 11.8 Å². The molecule has 0 unspecified atom stereocenters. The first-order valence-electron chi connectivity index (χ1n) is 6.77. The number of thioether (sulfide) groups is 2. The summed E-state index contributed by atoms with van der Waals surface area (Å²) in [6.07, 6.45) is 1.98. The first kappa shape index (κ1) is 16.2. The number of rotatable bonds is 5. The van der Waals surface area contributed by atoms with E-state index in [1.807, 2.05) is 30.5 Å². The maximum absolute atomic E-state index is 12.1. The van der Waals surface area contributed by atoms with Gasteiger partial charge < -0.3 is 9.73 Å². The average molecular weight is 365 g/mol. The summed E-state index contributed by atoms with van der Waals surface area (Å²) in [6, 6.07) is 12.9. The van der Waals surface area contributed by atoms with Gasteiger partial charge in [0.2, 0.25) is 5.91 Å². The Kier molecular flexibility index (Phi) is 5.15. The molecule has 0 aliphatic rings. The number of benzene rings is 2. The molecule has 1 heterocycles. The first-order valence-corrected chi connectivity index (χ1v) is 9.36. The average Bonchev–Trinajstić information content (AvgIpc) is 2.95. The van der Waals surface area contributed by atoms with E-state index in [-0.39, 0.29) is 11.7 Å². The highest BCUT2D eigenvalue weighted by atomic mass is 35.5. The largest absolute Gasteiger partial charge is 0.431 e. The zero-order valence-corrected chi connectivity index (χ0v) is 14.6. The third kappa shape index (κ3) is 4.02. The quantitative estimate of drug-likeness (QED) is 0.650. The maximum atomic E-state index is 12.1. The van der Waals surface area contributed by atoms with E-state index >= 15 is 0 Å². The second kappa shape index (κ2) is 7.29. The smallest absolute Gasteiger partial charge is 0.257 e. The Labute approximate surface area is 147 Å². The van der Waals surface area contributed by atoms with Gasteiger partial charge in [0, 0.05) is 9.92 Å². The number of anilines is 1. The summed E-state index contributed by atoms with van der Waals surface area (Å²) < 4.78 is 5.58. The molecule has 23 heavy (non-hydrogen) atoms. The number of aromatic nitrogens is 1. The summed E-state index contributed by atoms with van der Waals surface area (Å²) >= 11 is 8.76. The van der Waals surface area contributed by atoms with Crippen LogP contribution >= 0.6 is 35.1 Å². The molecule has 3 aromatic rings. The van der Waals surface area contributed by atoms with Gasteiger partial charge in [-0.05, 0) is 36.6 Å². The van der Waals surface area contributed by atoms with Gasteiger partial charge in [0.15, 0.2) is 5.58 Å². The van der Waals surface area contributed by atoms with E-state index in [9.17, 15) is 4.79 Å². The number of hydrogen-bond acceptors (Lipinski definition) is 5. The molecule has 0 fully saturated rings. The summed E-state index contributed by atoms with van der Waals surface area (Å²) in [6.45, 7) is 0. The summed E-state index contributed by atoms with van der Waals surface area (Å²) in [7, 11) is 0. The number of hydrogen-bond donors (Lipinski definition) is 1. The number of carbonyl (C=O) groups is 1. The predicted octanol–water partition coefficient (Wildman–Crippen LogP) is 4.93. The van der Waals surface area contributed by atoms with Crippen molar-refractivity contribution in [1.82, 2.24) is 4.98 Å². The lowest BCUT2D eigenvalue weighted by atomic mass is 10.3. The van der Waals surface area contributed by atoms with Gasteiger partial charge in [0.1, 0.15) is 5.52 Å². The fourth-order valence-corrected chi connectivity index (χ4v) is 3.36. The fourth-order valence-electron chi connectivity index (χ4n) is 2.00. The van der Waals surface area contributed by atoms with Crippen molar-refractivity contribution in [2.75, 3.05) is 17.3 Å². The number of oxazole rings is 1.